The number of hydrogen-bond donors (Lipinski definition) is 2. The standard InChI is InChI=1S/C16H26N2O2/c1-12(10-17-6-7-19-3)18-11-14-4-5-16-15(9-14)8-13(2)20-16/h4-5,9,12-13,17-18H,6-8,10-11H2,1-3H3. The summed E-state index contributed by atoms with van der Waals surface area (Å²) < 4.78 is 10.7. The van der Waals surface area contributed by atoms with Gasteiger partial charge < -0.3 is 20.1 Å². The Kier molecular flexibility index (Phi) is 5.83. The Labute approximate surface area is 121 Å². The highest BCUT2D eigenvalue weighted by Gasteiger charge is 2.18. The Morgan fingerprint density at radius 3 is 3.10 bits per heavy atom. The topological polar surface area (TPSA) is 42.5 Å². The fourth-order valence-electron chi connectivity index (χ4n) is 2.44. The molecule has 0 spiro atoms. The minimum absolute atomic E-state index is 0.317. The molecule has 1 aliphatic heterocycles. The zero-order chi connectivity index (χ0) is 14.4. The monoisotopic (exact) mass is 278 g/mol. The molecule has 0 amide bonds. The highest BCUT2D eigenvalue weighted by molar-refractivity contribution is 5.40. The van der Waals surface area contributed by atoms with Crippen molar-refractivity contribution >= 4 is 0 Å². The van der Waals surface area contributed by atoms with E-state index in [0.29, 0.717) is 12.1 Å². The van der Waals surface area contributed by atoms with Crippen LogP contribution in [0.2, 0.25) is 0 Å². The summed E-state index contributed by atoms with van der Waals surface area (Å²) in [7, 11) is 1.72. The van der Waals surface area contributed by atoms with Gasteiger partial charge in [-0.15, -0.1) is 0 Å². The van der Waals surface area contributed by atoms with Gasteiger partial charge in [-0.2, -0.15) is 0 Å². The summed E-state index contributed by atoms with van der Waals surface area (Å²) in [6.07, 6.45) is 1.34. The van der Waals surface area contributed by atoms with E-state index in [1.807, 2.05) is 0 Å². The Morgan fingerprint density at radius 1 is 1.45 bits per heavy atom. The van der Waals surface area contributed by atoms with Crippen molar-refractivity contribution in [1.82, 2.24) is 10.6 Å². The largest absolute Gasteiger partial charge is 0.490 e. The highest BCUT2D eigenvalue weighted by Crippen LogP contribution is 2.29. The van der Waals surface area contributed by atoms with E-state index in [1.165, 1.54) is 11.1 Å². The minimum atomic E-state index is 0.317. The SMILES string of the molecule is COCCNCC(C)NCc1ccc2c(c1)CC(C)O2. The summed E-state index contributed by atoms with van der Waals surface area (Å²) in [6, 6.07) is 6.94. The molecule has 1 heterocycles. The van der Waals surface area contributed by atoms with Crippen LogP contribution in [0.5, 0.6) is 5.75 Å². The van der Waals surface area contributed by atoms with E-state index in [-0.39, 0.29) is 0 Å². The third kappa shape index (κ3) is 4.47. The number of benzene rings is 1. The van der Waals surface area contributed by atoms with Crippen molar-refractivity contribution in [2.75, 3.05) is 26.8 Å². The van der Waals surface area contributed by atoms with Gasteiger partial charge in [0.2, 0.25) is 0 Å². The van der Waals surface area contributed by atoms with Gasteiger partial charge in [-0.3, -0.25) is 0 Å². The lowest BCUT2D eigenvalue weighted by atomic mass is 10.1. The first-order valence-corrected chi connectivity index (χ1v) is 7.40. The van der Waals surface area contributed by atoms with E-state index in [9.17, 15) is 0 Å². The molecule has 1 aliphatic rings. The fourth-order valence-corrected chi connectivity index (χ4v) is 2.44. The Morgan fingerprint density at radius 2 is 2.30 bits per heavy atom. The van der Waals surface area contributed by atoms with Gasteiger partial charge in [0.25, 0.3) is 0 Å². The molecule has 1 aromatic carbocycles. The van der Waals surface area contributed by atoms with Crippen LogP contribution in [0.1, 0.15) is 25.0 Å². The fraction of sp³-hybridized carbons (Fsp3) is 0.625. The lowest BCUT2D eigenvalue weighted by Gasteiger charge is -2.15. The second-order valence-electron chi connectivity index (χ2n) is 5.55. The van der Waals surface area contributed by atoms with Crippen LogP contribution in [0.15, 0.2) is 18.2 Å². The summed E-state index contributed by atoms with van der Waals surface area (Å²) in [5.41, 5.74) is 2.66. The highest BCUT2D eigenvalue weighted by atomic mass is 16.5. The van der Waals surface area contributed by atoms with Gasteiger partial charge in [-0.25, -0.2) is 0 Å². The molecule has 0 bridgehead atoms. The van der Waals surface area contributed by atoms with Crippen molar-refractivity contribution in [3.8, 4) is 5.75 Å². The van der Waals surface area contributed by atoms with Crippen molar-refractivity contribution < 1.29 is 9.47 Å². The van der Waals surface area contributed by atoms with Gasteiger partial charge in [-0.1, -0.05) is 12.1 Å². The number of nitrogens with one attached hydrogen (secondary N) is 2. The van der Waals surface area contributed by atoms with Crippen LogP contribution in [0.4, 0.5) is 0 Å². The minimum Gasteiger partial charge on any atom is -0.490 e. The molecule has 2 N–H and O–H groups in total. The second kappa shape index (κ2) is 7.62. The molecule has 2 rings (SSSR count). The zero-order valence-corrected chi connectivity index (χ0v) is 12.7. The van der Waals surface area contributed by atoms with Crippen LogP contribution in [-0.4, -0.2) is 39.0 Å². The molecule has 0 aromatic heterocycles. The number of hydrogen-bond acceptors (Lipinski definition) is 4. The predicted molar refractivity (Wildman–Crippen MR) is 81.3 cm³/mol. The smallest absolute Gasteiger partial charge is 0.123 e. The van der Waals surface area contributed by atoms with Gasteiger partial charge in [0.1, 0.15) is 11.9 Å². The molecule has 0 saturated heterocycles. The lowest BCUT2D eigenvalue weighted by Crippen LogP contribution is -2.37. The van der Waals surface area contributed by atoms with Crippen LogP contribution in [-0.2, 0) is 17.7 Å². The first-order valence-electron chi connectivity index (χ1n) is 7.40. The Hall–Kier alpha value is -1.10. The van der Waals surface area contributed by atoms with Gasteiger partial charge >= 0.3 is 0 Å². The first-order chi connectivity index (χ1) is 9.69. The molecular weight excluding hydrogens is 252 g/mol. The molecule has 2 atom stereocenters. The normalized spacial score (nSPS) is 18.6. The molecule has 20 heavy (non-hydrogen) atoms. The predicted octanol–water partition coefficient (Wildman–Crippen LogP) is 1.72. The molecule has 0 radical (unpaired) electrons. The molecule has 0 fully saturated rings. The van der Waals surface area contributed by atoms with Crippen LogP contribution in [0.25, 0.3) is 0 Å². The average molecular weight is 278 g/mol. The van der Waals surface area contributed by atoms with Crippen LogP contribution < -0.4 is 15.4 Å². The zero-order valence-electron chi connectivity index (χ0n) is 12.7. The van der Waals surface area contributed by atoms with E-state index in [0.717, 1.165) is 38.4 Å². The van der Waals surface area contributed by atoms with Gasteiger partial charge in [0, 0.05) is 39.2 Å². The Bertz CT molecular complexity index is 423. The first kappa shape index (κ1) is 15.3. The quantitative estimate of drug-likeness (QED) is 0.711. The third-order valence-electron chi connectivity index (χ3n) is 3.55. The van der Waals surface area contributed by atoms with Gasteiger partial charge in [0.15, 0.2) is 0 Å². The molecule has 112 valence electrons. The molecule has 4 nitrogen and oxygen atoms in total. The third-order valence-corrected chi connectivity index (χ3v) is 3.55. The number of ether oxygens (including phenoxy) is 2. The maximum atomic E-state index is 5.72. The maximum Gasteiger partial charge on any atom is 0.123 e. The van der Waals surface area contributed by atoms with E-state index < -0.39 is 0 Å². The number of rotatable bonds is 8. The van der Waals surface area contributed by atoms with Gasteiger partial charge in [-0.05, 0) is 31.0 Å². The number of methoxy groups -OCH3 is 1. The second-order valence-corrected chi connectivity index (χ2v) is 5.55. The van der Waals surface area contributed by atoms with Crippen LogP contribution >= 0.6 is 0 Å². The van der Waals surface area contributed by atoms with Crippen molar-refractivity contribution in [2.24, 2.45) is 0 Å². The van der Waals surface area contributed by atoms with E-state index in [1.54, 1.807) is 7.11 Å². The van der Waals surface area contributed by atoms with Crippen molar-refractivity contribution in [3.63, 3.8) is 0 Å². The number of fused-ring (bicyclic) bond motifs is 1. The van der Waals surface area contributed by atoms with E-state index >= 15 is 0 Å². The molecule has 0 aliphatic carbocycles. The molecule has 2 unspecified atom stereocenters. The van der Waals surface area contributed by atoms with E-state index in [4.69, 9.17) is 9.47 Å². The maximum absolute atomic E-state index is 5.72. The molecule has 0 saturated carbocycles. The summed E-state index contributed by atoms with van der Waals surface area (Å²) in [5.74, 6) is 1.05. The summed E-state index contributed by atoms with van der Waals surface area (Å²) in [4.78, 5) is 0. The average Bonchev–Trinajstić information content (AvgIpc) is 2.80. The lowest BCUT2D eigenvalue weighted by molar-refractivity contribution is 0.198. The molecule has 4 heteroatoms. The van der Waals surface area contributed by atoms with Crippen LogP contribution in [0, 0.1) is 0 Å². The van der Waals surface area contributed by atoms with Crippen molar-refractivity contribution in [3.05, 3.63) is 29.3 Å². The van der Waals surface area contributed by atoms with Crippen molar-refractivity contribution in [1.29, 1.82) is 0 Å². The summed E-state index contributed by atoms with van der Waals surface area (Å²) >= 11 is 0. The Balaban J connectivity index is 1.73. The van der Waals surface area contributed by atoms with Gasteiger partial charge in [0.05, 0.1) is 6.61 Å². The summed E-state index contributed by atoms with van der Waals surface area (Å²) in [5, 5.41) is 6.90. The summed E-state index contributed by atoms with van der Waals surface area (Å²) in [6.45, 7) is 7.82. The molecular formula is C16H26N2O2. The van der Waals surface area contributed by atoms with E-state index in [2.05, 4.69) is 42.7 Å². The molecule has 1 aromatic rings. The van der Waals surface area contributed by atoms with Crippen LogP contribution in [0.3, 0.4) is 0 Å². The van der Waals surface area contributed by atoms with Crippen molar-refractivity contribution in [2.45, 2.75) is 39.0 Å².